The molecule has 0 aromatic heterocycles. The number of hydrogen-bond acceptors (Lipinski definition) is 2. The molecule has 5 nitrogen and oxygen atoms in total. The van der Waals surface area contributed by atoms with Crippen LogP contribution >= 0.6 is 23.2 Å². The minimum Gasteiger partial charge on any atom is -0.370 e. The van der Waals surface area contributed by atoms with Crippen molar-refractivity contribution in [3.63, 3.8) is 0 Å². The van der Waals surface area contributed by atoms with Crippen LogP contribution in [0, 0.1) is 0 Å². The topological polar surface area (TPSA) is 79.5 Å². The molecular formula is C16H22Cl2N4O. The summed E-state index contributed by atoms with van der Waals surface area (Å²) in [7, 11) is 0. The van der Waals surface area contributed by atoms with Crippen molar-refractivity contribution in [3.8, 4) is 0 Å². The minimum absolute atomic E-state index is 0.211. The number of halogens is 2. The highest BCUT2D eigenvalue weighted by Gasteiger charge is 2.13. The van der Waals surface area contributed by atoms with Crippen molar-refractivity contribution in [1.29, 1.82) is 0 Å². The van der Waals surface area contributed by atoms with E-state index < -0.39 is 0 Å². The van der Waals surface area contributed by atoms with Crippen LogP contribution in [0.2, 0.25) is 10.0 Å². The molecule has 0 heterocycles. The zero-order chi connectivity index (χ0) is 16.7. The molecule has 23 heavy (non-hydrogen) atoms. The van der Waals surface area contributed by atoms with Gasteiger partial charge < -0.3 is 16.4 Å². The normalized spacial score (nSPS) is 16.2. The smallest absolute Gasteiger partial charge is 0.251 e. The number of carbonyl (C=O) groups is 1. The highest BCUT2D eigenvalue weighted by Crippen LogP contribution is 2.22. The van der Waals surface area contributed by atoms with E-state index in [1.807, 2.05) is 0 Å². The molecule has 1 amide bonds. The van der Waals surface area contributed by atoms with Crippen LogP contribution in [0.15, 0.2) is 23.2 Å². The summed E-state index contributed by atoms with van der Waals surface area (Å²) in [6.07, 6.45) is 6.07. The van der Waals surface area contributed by atoms with Crippen molar-refractivity contribution in [1.82, 2.24) is 10.6 Å². The van der Waals surface area contributed by atoms with Gasteiger partial charge in [0, 0.05) is 18.2 Å². The zero-order valence-corrected chi connectivity index (χ0v) is 14.5. The van der Waals surface area contributed by atoms with Crippen LogP contribution in [0.25, 0.3) is 0 Å². The van der Waals surface area contributed by atoms with Crippen molar-refractivity contribution in [3.05, 3.63) is 33.8 Å². The number of nitrogens with one attached hydrogen (secondary N) is 2. The largest absolute Gasteiger partial charge is 0.370 e. The third-order valence-corrected chi connectivity index (χ3v) is 4.56. The Kier molecular flexibility index (Phi) is 6.99. The minimum atomic E-state index is -0.211. The molecule has 1 saturated carbocycles. The molecule has 0 atom stereocenters. The first-order chi connectivity index (χ1) is 11.1. The van der Waals surface area contributed by atoms with Gasteiger partial charge in [-0.3, -0.25) is 9.79 Å². The maximum atomic E-state index is 12.0. The lowest BCUT2D eigenvalue weighted by atomic mass is 9.96. The standard InChI is InChI=1S/C16H22Cl2N4O/c17-13-7-6-11(10-14(13)18)15(23)20-8-9-21-16(19)22-12-4-2-1-3-5-12/h6-7,10,12H,1-5,8-9H2,(H,20,23)(H3,19,21,22). The second-order valence-electron chi connectivity index (χ2n) is 5.63. The summed E-state index contributed by atoms with van der Waals surface area (Å²) < 4.78 is 0. The van der Waals surface area contributed by atoms with Crippen LogP contribution in [0.4, 0.5) is 0 Å². The van der Waals surface area contributed by atoms with Gasteiger partial charge in [0.05, 0.1) is 16.6 Å². The van der Waals surface area contributed by atoms with Gasteiger partial charge in [-0.1, -0.05) is 42.5 Å². The SMILES string of the molecule is NC(=NCCNC(=O)c1ccc(Cl)c(Cl)c1)NC1CCCCC1. The second kappa shape index (κ2) is 8.99. The van der Waals surface area contributed by atoms with Crippen molar-refractivity contribution in [2.45, 2.75) is 38.1 Å². The van der Waals surface area contributed by atoms with E-state index in [1.165, 1.54) is 19.3 Å². The molecular weight excluding hydrogens is 335 g/mol. The summed E-state index contributed by atoms with van der Waals surface area (Å²) >= 11 is 11.7. The van der Waals surface area contributed by atoms with E-state index >= 15 is 0 Å². The Bertz CT molecular complexity index is 571. The monoisotopic (exact) mass is 356 g/mol. The van der Waals surface area contributed by atoms with Gasteiger partial charge in [-0.2, -0.15) is 0 Å². The van der Waals surface area contributed by atoms with Gasteiger partial charge in [-0.25, -0.2) is 0 Å². The summed E-state index contributed by atoms with van der Waals surface area (Å²) in [5.74, 6) is 0.235. The predicted molar refractivity (Wildman–Crippen MR) is 95.3 cm³/mol. The average Bonchev–Trinajstić information content (AvgIpc) is 2.55. The maximum Gasteiger partial charge on any atom is 0.251 e. The summed E-state index contributed by atoms with van der Waals surface area (Å²) in [5, 5.41) is 6.79. The first-order valence-corrected chi connectivity index (χ1v) is 8.61. The lowest BCUT2D eigenvalue weighted by Gasteiger charge is -2.23. The summed E-state index contributed by atoms with van der Waals surface area (Å²) in [6, 6.07) is 5.20. The number of guanidine groups is 1. The van der Waals surface area contributed by atoms with Crippen LogP contribution in [0.1, 0.15) is 42.5 Å². The molecule has 1 aromatic carbocycles. The van der Waals surface area contributed by atoms with Crippen molar-refractivity contribution in [2.24, 2.45) is 10.7 Å². The fourth-order valence-corrected chi connectivity index (χ4v) is 2.89. The van der Waals surface area contributed by atoms with Gasteiger partial charge in [-0.05, 0) is 31.0 Å². The maximum absolute atomic E-state index is 12.0. The first-order valence-electron chi connectivity index (χ1n) is 7.86. The van der Waals surface area contributed by atoms with Crippen LogP contribution in [-0.2, 0) is 0 Å². The highest BCUT2D eigenvalue weighted by molar-refractivity contribution is 6.42. The van der Waals surface area contributed by atoms with Crippen LogP contribution in [0.5, 0.6) is 0 Å². The fourth-order valence-electron chi connectivity index (χ4n) is 2.59. The molecule has 1 aliphatic carbocycles. The Morgan fingerprint density at radius 2 is 1.96 bits per heavy atom. The Balaban J connectivity index is 1.72. The number of aliphatic imine (C=N–C) groups is 1. The van der Waals surface area contributed by atoms with E-state index in [4.69, 9.17) is 28.9 Å². The van der Waals surface area contributed by atoms with Gasteiger partial charge >= 0.3 is 0 Å². The van der Waals surface area contributed by atoms with E-state index in [2.05, 4.69) is 15.6 Å². The summed E-state index contributed by atoms with van der Waals surface area (Å²) in [5.41, 5.74) is 6.33. The van der Waals surface area contributed by atoms with Gasteiger partial charge in [0.1, 0.15) is 0 Å². The molecule has 4 N–H and O–H groups in total. The Morgan fingerprint density at radius 3 is 2.65 bits per heavy atom. The molecule has 0 aliphatic heterocycles. The Hall–Kier alpha value is -1.46. The number of nitrogens with zero attached hydrogens (tertiary/aromatic N) is 1. The van der Waals surface area contributed by atoms with E-state index in [0.29, 0.717) is 40.7 Å². The fraction of sp³-hybridized carbons (Fsp3) is 0.500. The number of carbonyl (C=O) groups excluding carboxylic acids is 1. The summed E-state index contributed by atoms with van der Waals surface area (Å²) in [6.45, 7) is 0.838. The molecule has 1 fully saturated rings. The molecule has 1 aliphatic rings. The molecule has 0 spiro atoms. The van der Waals surface area contributed by atoms with Crippen LogP contribution < -0.4 is 16.4 Å². The molecule has 7 heteroatoms. The van der Waals surface area contributed by atoms with Gasteiger partial charge in [0.2, 0.25) is 0 Å². The number of nitrogens with two attached hydrogens (primary N) is 1. The molecule has 0 unspecified atom stereocenters. The zero-order valence-electron chi connectivity index (χ0n) is 12.9. The quantitative estimate of drug-likeness (QED) is 0.431. The molecule has 0 radical (unpaired) electrons. The molecule has 0 bridgehead atoms. The third kappa shape index (κ3) is 5.92. The van der Waals surface area contributed by atoms with Crippen LogP contribution in [-0.4, -0.2) is 31.0 Å². The van der Waals surface area contributed by atoms with Crippen molar-refractivity contribution in [2.75, 3.05) is 13.1 Å². The van der Waals surface area contributed by atoms with E-state index in [-0.39, 0.29) is 5.91 Å². The second-order valence-corrected chi connectivity index (χ2v) is 6.45. The Morgan fingerprint density at radius 1 is 1.22 bits per heavy atom. The van der Waals surface area contributed by atoms with E-state index in [1.54, 1.807) is 18.2 Å². The lowest BCUT2D eigenvalue weighted by Crippen LogP contribution is -2.41. The molecule has 1 aromatic rings. The number of rotatable bonds is 5. The predicted octanol–water partition coefficient (Wildman–Crippen LogP) is 2.96. The molecule has 2 rings (SSSR count). The van der Waals surface area contributed by atoms with Crippen molar-refractivity contribution >= 4 is 35.1 Å². The number of amides is 1. The Labute approximate surface area is 146 Å². The third-order valence-electron chi connectivity index (χ3n) is 3.82. The number of hydrogen-bond donors (Lipinski definition) is 3. The first kappa shape index (κ1) is 17.9. The van der Waals surface area contributed by atoms with Gasteiger partial charge in [0.15, 0.2) is 5.96 Å². The van der Waals surface area contributed by atoms with Gasteiger partial charge in [0.25, 0.3) is 5.91 Å². The summed E-state index contributed by atoms with van der Waals surface area (Å²) in [4.78, 5) is 16.2. The van der Waals surface area contributed by atoms with E-state index in [9.17, 15) is 4.79 Å². The number of benzene rings is 1. The lowest BCUT2D eigenvalue weighted by molar-refractivity contribution is 0.0955. The highest BCUT2D eigenvalue weighted by atomic mass is 35.5. The van der Waals surface area contributed by atoms with Gasteiger partial charge in [-0.15, -0.1) is 0 Å². The van der Waals surface area contributed by atoms with Crippen molar-refractivity contribution < 1.29 is 4.79 Å². The molecule has 126 valence electrons. The molecule has 0 saturated heterocycles. The average molecular weight is 357 g/mol. The van der Waals surface area contributed by atoms with E-state index in [0.717, 1.165) is 12.8 Å². The van der Waals surface area contributed by atoms with Crippen LogP contribution in [0.3, 0.4) is 0 Å².